The van der Waals surface area contributed by atoms with Gasteiger partial charge in [0.2, 0.25) is 6.20 Å². The molecule has 3 heterocycles. The second-order valence-electron chi connectivity index (χ2n) is 7.04. The number of aromatic nitrogens is 3. The fourth-order valence-electron chi connectivity index (χ4n) is 3.69. The zero-order valence-corrected chi connectivity index (χ0v) is 16.0. The molecule has 3 aromatic rings. The first-order chi connectivity index (χ1) is 13.6. The number of anilines is 1. The minimum Gasteiger partial charge on any atom is -0.594 e. The maximum absolute atomic E-state index is 13.3. The van der Waals surface area contributed by atoms with Crippen molar-refractivity contribution in [3.8, 4) is 0 Å². The summed E-state index contributed by atoms with van der Waals surface area (Å²) in [6, 6.07) is 4.59. The minimum absolute atomic E-state index is 0.309. The van der Waals surface area contributed by atoms with Gasteiger partial charge in [0.05, 0.1) is 10.7 Å². The molecule has 1 aliphatic heterocycles. The molecule has 1 saturated heterocycles. The van der Waals surface area contributed by atoms with Gasteiger partial charge in [-0.2, -0.15) is 0 Å². The van der Waals surface area contributed by atoms with Crippen molar-refractivity contribution in [3.05, 3.63) is 52.3 Å². The van der Waals surface area contributed by atoms with E-state index in [2.05, 4.69) is 20.5 Å². The molecule has 0 unspecified atom stereocenters. The van der Waals surface area contributed by atoms with E-state index in [1.165, 1.54) is 24.5 Å². The Kier molecular flexibility index (Phi) is 5.59. The van der Waals surface area contributed by atoms with Crippen LogP contribution in [0.4, 0.5) is 10.1 Å². The van der Waals surface area contributed by atoms with Crippen LogP contribution in [0, 0.1) is 11.0 Å². The minimum atomic E-state index is -0.309. The number of benzene rings is 1. The van der Waals surface area contributed by atoms with Gasteiger partial charge in [-0.15, -0.1) is 0 Å². The highest BCUT2D eigenvalue weighted by atomic mass is 35.5. The Bertz CT molecular complexity index is 959. The van der Waals surface area contributed by atoms with E-state index in [1.54, 1.807) is 6.07 Å². The van der Waals surface area contributed by atoms with Crippen LogP contribution in [0.2, 0.25) is 5.02 Å². The van der Waals surface area contributed by atoms with Crippen LogP contribution in [-0.2, 0) is 0 Å². The predicted octanol–water partition coefficient (Wildman–Crippen LogP) is 3.33. The molecule has 9 heteroatoms. The van der Waals surface area contributed by atoms with Gasteiger partial charge in [0, 0.05) is 29.0 Å². The number of likely N-dealkylation sites (tertiary alicyclic amines) is 1. The number of hydrogen-bond acceptors (Lipinski definition) is 6. The Morgan fingerprint density at radius 3 is 3.00 bits per heavy atom. The lowest BCUT2D eigenvalue weighted by atomic mass is 9.91. The van der Waals surface area contributed by atoms with Gasteiger partial charge >= 0.3 is 0 Å². The van der Waals surface area contributed by atoms with Gasteiger partial charge < -0.3 is 19.9 Å². The van der Waals surface area contributed by atoms with E-state index >= 15 is 0 Å². The van der Waals surface area contributed by atoms with Crippen molar-refractivity contribution in [1.29, 1.82) is 0 Å². The Labute approximate surface area is 166 Å². The fourth-order valence-corrected chi connectivity index (χ4v) is 3.85. The van der Waals surface area contributed by atoms with Crippen molar-refractivity contribution < 1.29 is 13.8 Å². The van der Waals surface area contributed by atoms with Crippen LogP contribution in [-0.4, -0.2) is 41.3 Å². The van der Waals surface area contributed by atoms with Crippen molar-refractivity contribution in [2.45, 2.75) is 25.2 Å². The van der Waals surface area contributed by atoms with Gasteiger partial charge in [0.1, 0.15) is 17.7 Å². The summed E-state index contributed by atoms with van der Waals surface area (Å²) >= 11 is 6.02. The highest BCUT2D eigenvalue weighted by Gasteiger charge is 2.24. The fraction of sp³-hybridized carbons (Fsp3) is 0.421. The summed E-state index contributed by atoms with van der Waals surface area (Å²) in [7, 11) is 0. The lowest BCUT2D eigenvalue weighted by Gasteiger charge is -2.31. The molecule has 148 valence electrons. The maximum Gasteiger partial charge on any atom is 0.234 e. The van der Waals surface area contributed by atoms with Crippen molar-refractivity contribution in [2.24, 2.45) is 0 Å². The molecule has 1 aromatic carbocycles. The largest absolute Gasteiger partial charge is 0.594 e. The van der Waals surface area contributed by atoms with Crippen LogP contribution in [0.25, 0.3) is 11.0 Å². The van der Waals surface area contributed by atoms with Gasteiger partial charge in [0.25, 0.3) is 0 Å². The second-order valence-corrected chi connectivity index (χ2v) is 7.45. The van der Waals surface area contributed by atoms with Gasteiger partial charge in [0.15, 0.2) is 5.58 Å². The molecule has 0 radical (unpaired) electrons. The zero-order valence-electron chi connectivity index (χ0n) is 15.3. The molecule has 2 aromatic heterocycles. The average molecular weight is 406 g/mol. The number of fused-ring (bicyclic) bond motifs is 1. The number of nitrogens with one attached hydrogen (secondary N) is 1. The highest BCUT2D eigenvalue weighted by molar-refractivity contribution is 6.32. The highest BCUT2D eigenvalue weighted by Crippen LogP contribution is 2.32. The summed E-state index contributed by atoms with van der Waals surface area (Å²) in [5.41, 5.74) is 2.05. The molecular formula is C19H21ClFN5O2. The summed E-state index contributed by atoms with van der Waals surface area (Å²) in [4.78, 5) is 2.91. The van der Waals surface area contributed by atoms with Crippen LogP contribution in [0.5, 0.6) is 0 Å². The lowest BCUT2D eigenvalue weighted by molar-refractivity contribution is -0.668. The predicted molar refractivity (Wildman–Crippen MR) is 104 cm³/mol. The average Bonchev–Trinajstić information content (AvgIpc) is 3.11. The topological polar surface area (TPSA) is 81.1 Å². The van der Waals surface area contributed by atoms with Crippen LogP contribution in [0.3, 0.4) is 0 Å². The number of nitrogens with zero attached hydrogens (tertiary/aromatic N) is 4. The molecule has 4 rings (SSSR count). The van der Waals surface area contributed by atoms with E-state index in [0.29, 0.717) is 27.1 Å². The van der Waals surface area contributed by atoms with E-state index < -0.39 is 0 Å². The molecule has 0 atom stereocenters. The van der Waals surface area contributed by atoms with E-state index in [-0.39, 0.29) is 5.82 Å². The summed E-state index contributed by atoms with van der Waals surface area (Å²) in [6.45, 7) is 3.65. The molecule has 1 fully saturated rings. The summed E-state index contributed by atoms with van der Waals surface area (Å²) in [5.74, 6) is 0.0287. The van der Waals surface area contributed by atoms with Gasteiger partial charge in [-0.05, 0) is 51.0 Å². The van der Waals surface area contributed by atoms with Crippen molar-refractivity contribution in [3.63, 3.8) is 0 Å². The third-order valence-corrected chi connectivity index (χ3v) is 5.49. The first-order valence-electron chi connectivity index (χ1n) is 9.36. The van der Waals surface area contributed by atoms with Gasteiger partial charge in [-0.25, -0.2) is 4.39 Å². The van der Waals surface area contributed by atoms with Gasteiger partial charge in [-0.1, -0.05) is 21.6 Å². The molecule has 1 aliphatic rings. The molecule has 0 amide bonds. The number of piperidine rings is 1. The molecule has 1 N–H and O–H groups in total. The van der Waals surface area contributed by atoms with E-state index in [0.717, 1.165) is 56.5 Å². The quantitative estimate of drug-likeness (QED) is 0.385. The maximum atomic E-state index is 13.3. The Balaban J connectivity index is 1.24. The molecule has 7 nitrogen and oxygen atoms in total. The molecule has 0 saturated carbocycles. The van der Waals surface area contributed by atoms with Gasteiger partial charge in [-0.3, -0.25) is 0 Å². The van der Waals surface area contributed by atoms with Crippen molar-refractivity contribution in [2.75, 3.05) is 31.5 Å². The number of hydrogen-bond donors (Lipinski definition) is 1. The third kappa shape index (κ3) is 4.18. The smallest absolute Gasteiger partial charge is 0.234 e. The Morgan fingerprint density at radius 1 is 1.36 bits per heavy atom. The first-order valence-corrected chi connectivity index (χ1v) is 9.74. The van der Waals surface area contributed by atoms with Crippen molar-refractivity contribution in [1.82, 2.24) is 15.2 Å². The normalized spacial score (nSPS) is 15.9. The summed E-state index contributed by atoms with van der Waals surface area (Å²) in [5, 5.41) is 23.5. The van der Waals surface area contributed by atoms with Crippen molar-refractivity contribution >= 4 is 28.3 Å². The molecular weight excluding hydrogens is 385 g/mol. The SMILES string of the molecule is [O-][n+]1cc(NCCCN2CCC(c3noc4cc(F)ccc34)CC2)c(Cl)cn1. The number of halogens is 2. The number of rotatable bonds is 6. The molecule has 28 heavy (non-hydrogen) atoms. The monoisotopic (exact) mass is 405 g/mol. The molecule has 0 bridgehead atoms. The summed E-state index contributed by atoms with van der Waals surface area (Å²) < 4.78 is 18.6. The van der Waals surface area contributed by atoms with E-state index in [1.807, 2.05) is 0 Å². The first kappa shape index (κ1) is 18.9. The Hall–Kier alpha value is -2.45. The van der Waals surface area contributed by atoms with E-state index in [9.17, 15) is 9.60 Å². The lowest BCUT2D eigenvalue weighted by Crippen LogP contribution is -2.34. The standard InChI is InChI=1S/C19H21ClFN5O2/c20-16-11-23-26(27)12-17(16)22-6-1-7-25-8-4-13(5-9-25)19-15-3-2-14(21)10-18(15)28-24-19/h2-3,10-13,22H,1,4-9H2. The van der Waals surface area contributed by atoms with Crippen LogP contribution in [0.15, 0.2) is 35.1 Å². The second kappa shape index (κ2) is 8.28. The third-order valence-electron chi connectivity index (χ3n) is 5.18. The summed E-state index contributed by atoms with van der Waals surface area (Å²) in [6.07, 6.45) is 5.61. The van der Waals surface area contributed by atoms with Crippen LogP contribution < -0.4 is 10.2 Å². The Morgan fingerprint density at radius 2 is 2.18 bits per heavy atom. The van der Waals surface area contributed by atoms with Crippen LogP contribution >= 0.6 is 11.6 Å². The zero-order chi connectivity index (χ0) is 19.5. The molecule has 0 aliphatic carbocycles. The van der Waals surface area contributed by atoms with E-state index in [4.69, 9.17) is 16.1 Å². The molecule has 0 spiro atoms. The van der Waals surface area contributed by atoms with Crippen LogP contribution in [0.1, 0.15) is 30.9 Å².